The zero-order valence-corrected chi connectivity index (χ0v) is 18.8. The molecule has 174 valence electrons. The monoisotopic (exact) mass is 483 g/mol. The molecule has 0 amide bonds. The molecule has 9 nitrogen and oxygen atoms in total. The van der Waals surface area contributed by atoms with E-state index in [4.69, 9.17) is 4.74 Å². The van der Waals surface area contributed by atoms with Crippen molar-refractivity contribution in [3.05, 3.63) is 100 Å². The molecule has 2 heterocycles. The number of allylic oxidation sites excluding steroid dienone is 1. The van der Waals surface area contributed by atoms with Crippen LogP contribution in [0.5, 0.6) is 5.75 Å². The van der Waals surface area contributed by atoms with Crippen molar-refractivity contribution in [3.63, 3.8) is 0 Å². The van der Waals surface area contributed by atoms with Gasteiger partial charge in [0.15, 0.2) is 4.80 Å². The second-order valence-corrected chi connectivity index (χ2v) is 8.34. The Morgan fingerprint density at radius 3 is 2.68 bits per heavy atom. The molecule has 1 unspecified atom stereocenters. The number of ether oxygens (including phenoxy) is 1. The van der Waals surface area contributed by atoms with Gasteiger partial charge in [0.25, 0.3) is 5.56 Å². The van der Waals surface area contributed by atoms with Crippen molar-refractivity contribution in [2.24, 2.45) is 4.99 Å². The summed E-state index contributed by atoms with van der Waals surface area (Å²) in [6.07, 6.45) is 1.33. The summed E-state index contributed by atoms with van der Waals surface area (Å²) in [5, 5.41) is 21.4. The average Bonchev–Trinajstić information content (AvgIpc) is 3.09. The van der Waals surface area contributed by atoms with E-state index in [1.54, 1.807) is 13.8 Å². The number of fused-ring (bicyclic) bond motifs is 1. The van der Waals surface area contributed by atoms with E-state index in [2.05, 4.69) is 4.99 Å². The number of hydrogen-bond donors (Lipinski definition) is 1. The second kappa shape index (κ2) is 9.02. The average molecular weight is 483 g/mol. The van der Waals surface area contributed by atoms with Crippen LogP contribution in [0.15, 0.2) is 63.5 Å². The molecule has 0 fully saturated rings. The molecule has 1 aromatic heterocycles. The molecule has 0 bridgehead atoms. The van der Waals surface area contributed by atoms with Crippen LogP contribution < -0.4 is 14.9 Å². The maximum Gasteiger partial charge on any atom is 0.338 e. The minimum absolute atomic E-state index is 0.0825. The Bertz CT molecular complexity index is 1520. The number of thiazole rings is 1. The smallest absolute Gasteiger partial charge is 0.338 e. The van der Waals surface area contributed by atoms with Crippen molar-refractivity contribution in [1.29, 1.82) is 0 Å². The van der Waals surface area contributed by atoms with Gasteiger partial charge in [0.05, 0.1) is 33.4 Å². The number of benzene rings is 2. The largest absolute Gasteiger partial charge is 0.502 e. The van der Waals surface area contributed by atoms with E-state index >= 15 is 0 Å². The van der Waals surface area contributed by atoms with Gasteiger partial charge in [-0.05, 0) is 37.6 Å². The normalized spacial score (nSPS) is 15.6. The summed E-state index contributed by atoms with van der Waals surface area (Å²) < 4.78 is 20.2. The topological polar surface area (TPSA) is 124 Å². The summed E-state index contributed by atoms with van der Waals surface area (Å²) in [5.41, 5.74) is 0.0255. The molecule has 0 radical (unpaired) electrons. The number of aromatic hydroxyl groups is 1. The molecule has 3 aromatic rings. The number of esters is 1. The van der Waals surface area contributed by atoms with Gasteiger partial charge in [-0.3, -0.25) is 19.5 Å². The van der Waals surface area contributed by atoms with Gasteiger partial charge in [-0.1, -0.05) is 35.6 Å². The minimum atomic E-state index is -0.920. The number of hydrogen-bond acceptors (Lipinski definition) is 8. The summed E-state index contributed by atoms with van der Waals surface area (Å²) in [6, 6.07) is 8.46. The first-order valence-corrected chi connectivity index (χ1v) is 11.0. The number of rotatable bonds is 5. The van der Waals surface area contributed by atoms with E-state index in [-0.39, 0.29) is 27.1 Å². The van der Waals surface area contributed by atoms with Crippen molar-refractivity contribution in [3.8, 4) is 5.75 Å². The lowest BCUT2D eigenvalue weighted by Crippen LogP contribution is -2.39. The molecular weight excluding hydrogens is 465 g/mol. The maximum atomic E-state index is 13.6. The molecule has 1 N–H and O–H groups in total. The Balaban J connectivity index is 1.97. The van der Waals surface area contributed by atoms with Gasteiger partial charge >= 0.3 is 11.7 Å². The minimum Gasteiger partial charge on any atom is -0.502 e. The van der Waals surface area contributed by atoms with Crippen molar-refractivity contribution in [2.45, 2.75) is 19.9 Å². The highest BCUT2D eigenvalue weighted by Crippen LogP contribution is 2.31. The molecular formula is C23H18FN3O6S. The number of nitro groups is 1. The van der Waals surface area contributed by atoms with Crippen molar-refractivity contribution < 1.29 is 24.0 Å². The van der Waals surface area contributed by atoms with Gasteiger partial charge < -0.3 is 9.84 Å². The number of phenols is 1. The van der Waals surface area contributed by atoms with Crippen LogP contribution in [0.4, 0.5) is 10.1 Å². The molecule has 0 saturated carbocycles. The Kier molecular flexibility index (Phi) is 6.12. The van der Waals surface area contributed by atoms with Crippen LogP contribution >= 0.6 is 11.3 Å². The third-order valence-electron chi connectivity index (χ3n) is 5.23. The van der Waals surface area contributed by atoms with Crippen molar-refractivity contribution in [2.75, 3.05) is 6.61 Å². The van der Waals surface area contributed by atoms with E-state index in [0.717, 1.165) is 17.4 Å². The fraction of sp³-hybridized carbons (Fsp3) is 0.174. The Hall–Kier alpha value is -4.12. The zero-order valence-electron chi connectivity index (χ0n) is 18.0. The fourth-order valence-corrected chi connectivity index (χ4v) is 4.74. The number of phenolic OH excluding ortho intramolecular Hbond substituents is 1. The molecule has 4 rings (SSSR count). The predicted octanol–water partition coefficient (Wildman–Crippen LogP) is 2.55. The molecule has 1 atom stereocenters. The van der Waals surface area contributed by atoms with Gasteiger partial charge in [0.2, 0.25) is 5.75 Å². The SMILES string of the molecule is CCOC(=O)C1=C(C)N=c2sc(=Cc3cccc([N+](=O)[O-])c3O)c(=O)n2C1c1ccc(F)cc1. The summed E-state index contributed by atoms with van der Waals surface area (Å²) in [5.74, 6) is -1.70. The first-order chi connectivity index (χ1) is 16.2. The van der Waals surface area contributed by atoms with E-state index in [1.807, 2.05) is 0 Å². The molecule has 1 aliphatic rings. The van der Waals surface area contributed by atoms with E-state index in [0.29, 0.717) is 11.3 Å². The number of nitrogens with zero attached hydrogens (tertiary/aromatic N) is 3. The molecule has 1 aliphatic heterocycles. The van der Waals surface area contributed by atoms with Gasteiger partial charge in [0, 0.05) is 11.6 Å². The number of nitro benzene ring substituents is 1. The quantitative estimate of drug-likeness (QED) is 0.338. The van der Waals surface area contributed by atoms with Crippen LogP contribution in [0, 0.1) is 15.9 Å². The lowest BCUT2D eigenvalue weighted by Gasteiger charge is -2.24. The fourth-order valence-electron chi connectivity index (χ4n) is 3.71. The summed E-state index contributed by atoms with van der Waals surface area (Å²) in [4.78, 5) is 41.4. The van der Waals surface area contributed by atoms with Gasteiger partial charge in [-0.25, -0.2) is 14.2 Å². The molecule has 0 spiro atoms. The standard InChI is InChI=1S/C23H18FN3O6S/c1-3-33-22(30)18-12(2)25-23-26(19(18)13-7-9-15(24)10-8-13)21(29)17(34-23)11-14-5-4-6-16(20(14)28)27(31)32/h4-11,19,28H,3H2,1-2H3. The Morgan fingerprint density at radius 2 is 2.03 bits per heavy atom. The first-order valence-electron chi connectivity index (χ1n) is 10.1. The third-order valence-corrected chi connectivity index (χ3v) is 6.21. The predicted molar refractivity (Wildman–Crippen MR) is 122 cm³/mol. The van der Waals surface area contributed by atoms with E-state index in [9.17, 15) is 29.2 Å². The van der Waals surface area contributed by atoms with Crippen LogP contribution in [0.1, 0.15) is 31.0 Å². The van der Waals surface area contributed by atoms with Crippen LogP contribution in [0.2, 0.25) is 0 Å². The lowest BCUT2D eigenvalue weighted by molar-refractivity contribution is -0.385. The van der Waals surface area contributed by atoms with Crippen LogP contribution in [0.3, 0.4) is 0 Å². The maximum absolute atomic E-state index is 13.6. The summed E-state index contributed by atoms with van der Waals surface area (Å²) in [7, 11) is 0. The van der Waals surface area contributed by atoms with Gasteiger partial charge in [-0.2, -0.15) is 0 Å². The van der Waals surface area contributed by atoms with Crippen molar-refractivity contribution >= 4 is 29.1 Å². The number of para-hydroxylation sites is 1. The first kappa shape index (κ1) is 23.1. The number of aromatic nitrogens is 1. The number of halogens is 1. The molecule has 2 aromatic carbocycles. The van der Waals surface area contributed by atoms with Crippen LogP contribution in [-0.4, -0.2) is 27.2 Å². The summed E-state index contributed by atoms with van der Waals surface area (Å²) in [6.45, 7) is 3.38. The highest BCUT2D eigenvalue weighted by atomic mass is 32.1. The lowest BCUT2D eigenvalue weighted by atomic mass is 9.96. The van der Waals surface area contributed by atoms with Crippen LogP contribution in [-0.2, 0) is 9.53 Å². The summed E-state index contributed by atoms with van der Waals surface area (Å²) >= 11 is 0.999. The van der Waals surface area contributed by atoms with E-state index in [1.165, 1.54) is 47.0 Å². The van der Waals surface area contributed by atoms with Crippen molar-refractivity contribution in [1.82, 2.24) is 4.57 Å². The highest BCUT2D eigenvalue weighted by molar-refractivity contribution is 7.07. The van der Waals surface area contributed by atoms with E-state index < -0.39 is 39.7 Å². The molecule has 0 aliphatic carbocycles. The third kappa shape index (κ3) is 4.01. The van der Waals surface area contributed by atoms with Gasteiger partial charge in [0.1, 0.15) is 5.82 Å². The zero-order chi connectivity index (χ0) is 24.6. The Labute approximate surface area is 195 Å². The van der Waals surface area contributed by atoms with Gasteiger partial charge in [-0.15, -0.1) is 0 Å². The number of carbonyl (C=O) groups excluding carboxylic acids is 1. The Morgan fingerprint density at radius 1 is 1.32 bits per heavy atom. The molecule has 11 heteroatoms. The molecule has 34 heavy (non-hydrogen) atoms. The second-order valence-electron chi connectivity index (χ2n) is 7.33. The van der Waals surface area contributed by atoms with Crippen LogP contribution in [0.25, 0.3) is 6.08 Å². The highest BCUT2D eigenvalue weighted by Gasteiger charge is 2.33. The molecule has 0 saturated heterocycles. The number of carbonyl (C=O) groups is 1.